The fourth-order valence-electron chi connectivity index (χ4n) is 2.80. The lowest BCUT2D eigenvalue weighted by Gasteiger charge is -2.12. The van der Waals surface area contributed by atoms with Crippen molar-refractivity contribution in [3.05, 3.63) is 59.7 Å². The van der Waals surface area contributed by atoms with Gasteiger partial charge in [-0.2, -0.15) is 0 Å². The van der Waals surface area contributed by atoms with Crippen molar-refractivity contribution in [2.45, 2.75) is 32.6 Å². The van der Waals surface area contributed by atoms with Gasteiger partial charge in [0.1, 0.15) is 0 Å². The van der Waals surface area contributed by atoms with E-state index in [1.807, 2.05) is 49.4 Å². The first-order valence-corrected chi connectivity index (χ1v) is 9.53. The summed E-state index contributed by atoms with van der Waals surface area (Å²) in [5, 5.41) is 8.49. The van der Waals surface area contributed by atoms with Gasteiger partial charge in [-0.25, -0.2) is 0 Å². The summed E-state index contributed by atoms with van der Waals surface area (Å²) in [6.07, 6.45) is 2.36. The number of anilines is 2. The molecule has 0 radical (unpaired) electrons. The van der Waals surface area contributed by atoms with E-state index >= 15 is 0 Å². The molecule has 0 aliphatic heterocycles. The second-order valence-corrected chi connectivity index (χ2v) is 7.10. The third-order valence-electron chi connectivity index (χ3n) is 4.61. The Balaban J connectivity index is 1.45. The summed E-state index contributed by atoms with van der Waals surface area (Å²) in [6, 6.07) is 14.9. The lowest BCUT2D eigenvalue weighted by atomic mass is 10.1. The zero-order chi connectivity index (χ0) is 19.9. The molecule has 0 bridgehead atoms. The van der Waals surface area contributed by atoms with Gasteiger partial charge in [0, 0.05) is 30.3 Å². The van der Waals surface area contributed by atoms with Crippen LogP contribution in [0.2, 0.25) is 0 Å². The lowest BCUT2D eigenvalue weighted by Crippen LogP contribution is -2.29. The monoisotopic (exact) mass is 379 g/mol. The minimum atomic E-state index is -0.186. The number of rotatable bonds is 8. The van der Waals surface area contributed by atoms with Gasteiger partial charge < -0.3 is 16.0 Å². The smallest absolute Gasteiger partial charge is 0.227 e. The highest BCUT2D eigenvalue weighted by Gasteiger charge is 2.29. The molecule has 0 atom stereocenters. The third kappa shape index (κ3) is 5.94. The second-order valence-electron chi connectivity index (χ2n) is 7.10. The van der Waals surface area contributed by atoms with Crippen LogP contribution in [0.5, 0.6) is 0 Å². The predicted molar refractivity (Wildman–Crippen MR) is 109 cm³/mol. The highest BCUT2D eigenvalue weighted by molar-refractivity contribution is 5.96. The van der Waals surface area contributed by atoms with Crippen LogP contribution in [0.1, 0.15) is 30.4 Å². The number of carbonyl (C=O) groups is 3. The molecule has 0 spiro atoms. The minimum Gasteiger partial charge on any atom is -0.355 e. The highest BCUT2D eigenvalue weighted by Crippen LogP contribution is 2.30. The van der Waals surface area contributed by atoms with Crippen LogP contribution >= 0.6 is 0 Å². The van der Waals surface area contributed by atoms with Crippen LogP contribution in [-0.2, 0) is 20.8 Å². The van der Waals surface area contributed by atoms with Crippen molar-refractivity contribution in [2.75, 3.05) is 17.2 Å². The summed E-state index contributed by atoms with van der Waals surface area (Å²) in [5.41, 5.74) is 3.18. The highest BCUT2D eigenvalue weighted by atomic mass is 16.2. The van der Waals surface area contributed by atoms with Crippen molar-refractivity contribution in [3.63, 3.8) is 0 Å². The van der Waals surface area contributed by atoms with Gasteiger partial charge in [-0.15, -0.1) is 0 Å². The van der Waals surface area contributed by atoms with Crippen molar-refractivity contribution in [2.24, 2.45) is 5.92 Å². The first-order chi connectivity index (χ1) is 13.5. The normalized spacial score (nSPS) is 12.9. The Bertz CT molecular complexity index is 861. The van der Waals surface area contributed by atoms with Crippen LogP contribution in [0.3, 0.4) is 0 Å². The zero-order valence-electron chi connectivity index (χ0n) is 16.0. The van der Waals surface area contributed by atoms with Gasteiger partial charge in [0.2, 0.25) is 17.7 Å². The maximum absolute atomic E-state index is 12.2. The zero-order valence-corrected chi connectivity index (χ0v) is 16.0. The number of nitrogens with one attached hydrogen (secondary N) is 3. The van der Waals surface area contributed by atoms with Gasteiger partial charge in [0.25, 0.3) is 0 Å². The van der Waals surface area contributed by atoms with Gasteiger partial charge in [-0.3, -0.25) is 14.4 Å². The van der Waals surface area contributed by atoms with Crippen LogP contribution in [-0.4, -0.2) is 24.3 Å². The van der Waals surface area contributed by atoms with Crippen LogP contribution in [0.4, 0.5) is 11.4 Å². The van der Waals surface area contributed by atoms with E-state index in [-0.39, 0.29) is 36.6 Å². The first kappa shape index (κ1) is 19.6. The van der Waals surface area contributed by atoms with Gasteiger partial charge >= 0.3 is 0 Å². The Kier molecular flexibility index (Phi) is 6.42. The Morgan fingerprint density at radius 2 is 1.71 bits per heavy atom. The Labute approximate surface area is 164 Å². The fraction of sp³-hybridized carbons (Fsp3) is 0.318. The molecule has 3 amide bonds. The molecule has 146 valence electrons. The van der Waals surface area contributed by atoms with E-state index < -0.39 is 0 Å². The summed E-state index contributed by atoms with van der Waals surface area (Å²) >= 11 is 0. The quantitative estimate of drug-likeness (QED) is 0.659. The van der Waals surface area contributed by atoms with Gasteiger partial charge in [0.05, 0.1) is 6.42 Å². The average molecular weight is 379 g/mol. The molecule has 0 aromatic heterocycles. The molecule has 0 saturated heterocycles. The maximum atomic E-state index is 12.2. The van der Waals surface area contributed by atoms with E-state index in [1.165, 1.54) is 0 Å². The van der Waals surface area contributed by atoms with E-state index in [0.717, 1.165) is 24.0 Å². The van der Waals surface area contributed by atoms with Gasteiger partial charge in [0.15, 0.2) is 0 Å². The van der Waals surface area contributed by atoms with Gasteiger partial charge in [-0.05, 0) is 43.0 Å². The Morgan fingerprint density at radius 1 is 0.964 bits per heavy atom. The summed E-state index contributed by atoms with van der Waals surface area (Å²) in [6.45, 7) is 2.17. The summed E-state index contributed by atoms with van der Waals surface area (Å²) < 4.78 is 0. The Hall–Kier alpha value is -3.15. The van der Waals surface area contributed by atoms with Crippen molar-refractivity contribution < 1.29 is 14.4 Å². The maximum Gasteiger partial charge on any atom is 0.227 e. The summed E-state index contributed by atoms with van der Waals surface area (Å²) in [4.78, 5) is 36.0. The van der Waals surface area contributed by atoms with Crippen molar-refractivity contribution >= 4 is 29.1 Å². The minimum absolute atomic E-state index is 0.0299. The fourth-order valence-corrected chi connectivity index (χ4v) is 2.80. The molecule has 1 aliphatic carbocycles. The average Bonchev–Trinajstić information content (AvgIpc) is 3.50. The number of aryl methyl sites for hydroxylation is 1. The molecular weight excluding hydrogens is 354 g/mol. The molecule has 3 rings (SSSR count). The van der Waals surface area contributed by atoms with Crippen molar-refractivity contribution in [1.82, 2.24) is 5.32 Å². The lowest BCUT2D eigenvalue weighted by molar-refractivity contribution is -0.121. The van der Waals surface area contributed by atoms with Crippen LogP contribution in [0.25, 0.3) is 0 Å². The number of hydrogen-bond donors (Lipinski definition) is 3. The first-order valence-electron chi connectivity index (χ1n) is 9.53. The van der Waals surface area contributed by atoms with Crippen LogP contribution < -0.4 is 16.0 Å². The van der Waals surface area contributed by atoms with E-state index in [1.54, 1.807) is 6.07 Å². The number of carbonyl (C=O) groups excluding carboxylic acids is 3. The van der Waals surface area contributed by atoms with E-state index in [4.69, 9.17) is 0 Å². The third-order valence-corrected chi connectivity index (χ3v) is 4.61. The topological polar surface area (TPSA) is 87.3 Å². The molecule has 0 unspecified atom stereocenters. The van der Waals surface area contributed by atoms with Crippen molar-refractivity contribution in [3.8, 4) is 0 Å². The molecule has 1 fully saturated rings. The molecule has 2 aromatic carbocycles. The molecule has 28 heavy (non-hydrogen) atoms. The molecular formula is C22H25N3O3. The van der Waals surface area contributed by atoms with Gasteiger partial charge in [-0.1, -0.05) is 36.4 Å². The van der Waals surface area contributed by atoms with E-state index in [9.17, 15) is 14.4 Å². The molecule has 1 saturated carbocycles. The molecule has 1 aliphatic rings. The molecule has 3 N–H and O–H groups in total. The standard InChI is InChI=1S/C22H25N3O3/c1-15-7-10-18(24-22(28)17-8-9-17)14-19(15)25-20(26)11-12-23-21(27)13-16-5-3-2-4-6-16/h2-7,10,14,17H,8-9,11-13H2,1H3,(H,23,27)(H,24,28)(H,25,26). The van der Waals surface area contributed by atoms with E-state index in [2.05, 4.69) is 16.0 Å². The predicted octanol–water partition coefficient (Wildman–Crippen LogP) is 3.03. The number of hydrogen-bond acceptors (Lipinski definition) is 3. The van der Waals surface area contributed by atoms with Crippen LogP contribution in [0, 0.1) is 12.8 Å². The molecule has 2 aromatic rings. The van der Waals surface area contributed by atoms with Crippen LogP contribution in [0.15, 0.2) is 48.5 Å². The van der Waals surface area contributed by atoms with Crippen molar-refractivity contribution in [1.29, 1.82) is 0 Å². The largest absolute Gasteiger partial charge is 0.355 e. The molecule has 6 heteroatoms. The van der Waals surface area contributed by atoms with E-state index in [0.29, 0.717) is 17.8 Å². The summed E-state index contributed by atoms with van der Waals surface area (Å²) in [5.74, 6) is -0.144. The second kappa shape index (κ2) is 9.17. The molecule has 6 nitrogen and oxygen atoms in total. The number of amides is 3. The SMILES string of the molecule is Cc1ccc(NC(=O)C2CC2)cc1NC(=O)CCNC(=O)Cc1ccccc1. The molecule has 0 heterocycles. The number of benzene rings is 2. The summed E-state index contributed by atoms with van der Waals surface area (Å²) in [7, 11) is 0. The Morgan fingerprint density at radius 3 is 2.43 bits per heavy atom.